The lowest BCUT2D eigenvalue weighted by Gasteiger charge is -2.36. The number of urea groups is 1. The van der Waals surface area contributed by atoms with E-state index in [0.717, 1.165) is 22.0 Å². The van der Waals surface area contributed by atoms with Gasteiger partial charge >= 0.3 is 6.03 Å². The smallest absolute Gasteiger partial charge is 0.324 e. The number of rotatable bonds is 4. The van der Waals surface area contributed by atoms with Crippen molar-refractivity contribution in [3.8, 4) is 0 Å². The van der Waals surface area contributed by atoms with Crippen LogP contribution in [0.1, 0.15) is 5.56 Å². The highest BCUT2D eigenvalue weighted by Crippen LogP contribution is 2.41. The molecule has 8 heteroatoms. The summed E-state index contributed by atoms with van der Waals surface area (Å²) < 4.78 is 0. The molecule has 0 aliphatic carbocycles. The van der Waals surface area contributed by atoms with Gasteiger partial charge in [-0.25, -0.2) is 14.7 Å². The Morgan fingerprint density at radius 3 is 2.31 bits per heavy atom. The van der Waals surface area contributed by atoms with Crippen LogP contribution in [0.5, 0.6) is 0 Å². The van der Waals surface area contributed by atoms with Crippen LogP contribution in [-0.4, -0.2) is 16.0 Å². The number of amides is 2. The van der Waals surface area contributed by atoms with Crippen LogP contribution in [0.4, 0.5) is 33.6 Å². The maximum Gasteiger partial charge on any atom is 0.335 e. The van der Waals surface area contributed by atoms with Gasteiger partial charge in [-0.3, -0.25) is 4.90 Å². The minimum atomic E-state index is -0.307. The van der Waals surface area contributed by atoms with Gasteiger partial charge in [0.25, 0.3) is 0 Å². The molecule has 1 N–H and O–H groups in total. The van der Waals surface area contributed by atoms with E-state index in [1.54, 1.807) is 34.2 Å². The highest BCUT2D eigenvalue weighted by molar-refractivity contribution is 6.40. The van der Waals surface area contributed by atoms with Crippen molar-refractivity contribution in [2.75, 3.05) is 15.1 Å². The van der Waals surface area contributed by atoms with E-state index >= 15 is 0 Å². The van der Waals surface area contributed by atoms with Crippen molar-refractivity contribution < 1.29 is 4.79 Å². The summed E-state index contributed by atoms with van der Waals surface area (Å²) in [5.74, 6) is 0.895. The van der Waals surface area contributed by atoms with Crippen LogP contribution in [0, 0.1) is 0 Å². The Hall–Kier alpha value is -4.13. The Bertz CT molecular complexity index is 1580. The molecule has 0 fully saturated rings. The Kier molecular flexibility index (Phi) is 5.68. The number of benzene rings is 4. The number of carbonyl (C=O) groups excluding carboxylic acids is 1. The van der Waals surface area contributed by atoms with Crippen LogP contribution >= 0.6 is 23.2 Å². The van der Waals surface area contributed by atoms with Gasteiger partial charge in [-0.2, -0.15) is 4.98 Å². The molecule has 1 aliphatic heterocycles. The summed E-state index contributed by atoms with van der Waals surface area (Å²) in [6, 6.07) is 28.3. The molecule has 5 aromatic rings. The van der Waals surface area contributed by atoms with E-state index < -0.39 is 0 Å². The van der Waals surface area contributed by atoms with Crippen LogP contribution < -0.4 is 15.1 Å². The molecular formula is C28H19Cl2N5O. The van der Waals surface area contributed by atoms with Crippen molar-refractivity contribution >= 4 is 68.8 Å². The molecule has 36 heavy (non-hydrogen) atoms. The summed E-state index contributed by atoms with van der Waals surface area (Å²) in [5, 5.41) is 6.27. The van der Waals surface area contributed by atoms with E-state index in [0.29, 0.717) is 33.2 Å². The Labute approximate surface area is 217 Å². The second kappa shape index (κ2) is 9.15. The first-order valence-electron chi connectivity index (χ1n) is 11.3. The normalized spacial score (nSPS) is 13.1. The van der Waals surface area contributed by atoms with E-state index in [4.69, 9.17) is 28.2 Å². The maximum absolute atomic E-state index is 13.9. The van der Waals surface area contributed by atoms with Gasteiger partial charge in [0.1, 0.15) is 0 Å². The third-order valence-electron chi connectivity index (χ3n) is 6.06. The Morgan fingerprint density at radius 2 is 1.50 bits per heavy atom. The Balaban J connectivity index is 1.46. The SMILES string of the molecule is O=C1N(c2c(Cl)cccc2Cl)Cc2cnc(Nc3cccc4ccccc34)nc2N1c1ccccc1. The number of fused-ring (bicyclic) bond motifs is 2. The molecule has 176 valence electrons. The zero-order chi connectivity index (χ0) is 24.6. The van der Waals surface area contributed by atoms with Gasteiger partial charge in [-0.15, -0.1) is 0 Å². The number of nitrogens with one attached hydrogen (secondary N) is 1. The number of para-hydroxylation sites is 2. The summed E-state index contributed by atoms with van der Waals surface area (Å²) in [5.41, 5.74) is 2.77. The van der Waals surface area contributed by atoms with E-state index in [2.05, 4.69) is 22.4 Å². The van der Waals surface area contributed by atoms with Crippen molar-refractivity contribution in [3.63, 3.8) is 0 Å². The minimum Gasteiger partial charge on any atom is -0.324 e. The zero-order valence-corrected chi connectivity index (χ0v) is 20.4. The fourth-order valence-electron chi connectivity index (χ4n) is 4.40. The number of anilines is 5. The van der Waals surface area contributed by atoms with Gasteiger partial charge in [-0.05, 0) is 35.7 Å². The average Bonchev–Trinajstić information content (AvgIpc) is 2.90. The van der Waals surface area contributed by atoms with Gasteiger partial charge in [0.15, 0.2) is 5.82 Å². The predicted octanol–water partition coefficient (Wildman–Crippen LogP) is 7.96. The molecule has 6 rings (SSSR count). The number of carbonyl (C=O) groups is 1. The maximum atomic E-state index is 13.9. The molecular weight excluding hydrogens is 493 g/mol. The topological polar surface area (TPSA) is 61.4 Å². The number of hydrogen-bond acceptors (Lipinski definition) is 4. The fraction of sp³-hybridized carbons (Fsp3) is 0.0357. The molecule has 0 bridgehead atoms. The van der Waals surface area contributed by atoms with Gasteiger partial charge in [0, 0.05) is 22.8 Å². The number of halogens is 2. The second-order valence-electron chi connectivity index (χ2n) is 8.30. The summed E-state index contributed by atoms with van der Waals surface area (Å²) >= 11 is 12.9. The number of hydrogen-bond donors (Lipinski definition) is 1. The van der Waals surface area contributed by atoms with Crippen molar-refractivity contribution in [3.05, 3.63) is 113 Å². The van der Waals surface area contributed by atoms with Crippen LogP contribution in [-0.2, 0) is 6.54 Å². The molecule has 2 heterocycles. The van der Waals surface area contributed by atoms with Crippen molar-refractivity contribution in [1.82, 2.24) is 9.97 Å². The van der Waals surface area contributed by atoms with E-state index in [-0.39, 0.29) is 12.6 Å². The first-order chi connectivity index (χ1) is 17.6. The van der Waals surface area contributed by atoms with Crippen molar-refractivity contribution in [2.45, 2.75) is 6.54 Å². The zero-order valence-electron chi connectivity index (χ0n) is 18.9. The quantitative estimate of drug-likeness (QED) is 0.265. The molecule has 1 aliphatic rings. The standard InChI is InChI=1S/C28H19Cl2N5O/c29-22-13-7-14-23(30)25(22)34-17-19-16-31-27(32-24-15-6-9-18-8-4-5-12-21(18)24)33-26(19)35(28(34)36)20-10-2-1-3-11-20/h1-16H,17H2,(H,31,32,33). The summed E-state index contributed by atoms with van der Waals surface area (Å²) in [6.07, 6.45) is 1.73. The van der Waals surface area contributed by atoms with E-state index in [9.17, 15) is 4.79 Å². The summed E-state index contributed by atoms with van der Waals surface area (Å²) in [4.78, 5) is 26.4. The molecule has 0 radical (unpaired) electrons. The molecule has 0 spiro atoms. The molecule has 4 aromatic carbocycles. The number of aromatic nitrogens is 2. The monoisotopic (exact) mass is 511 g/mol. The van der Waals surface area contributed by atoms with Crippen LogP contribution in [0.3, 0.4) is 0 Å². The Morgan fingerprint density at radius 1 is 0.806 bits per heavy atom. The molecule has 0 atom stereocenters. The van der Waals surface area contributed by atoms with Gasteiger partial charge in [0.05, 0.1) is 28.0 Å². The fourth-order valence-corrected chi connectivity index (χ4v) is 5.00. The van der Waals surface area contributed by atoms with Crippen molar-refractivity contribution in [1.29, 1.82) is 0 Å². The number of nitrogens with zero attached hydrogens (tertiary/aromatic N) is 4. The molecule has 2 amide bonds. The summed E-state index contributed by atoms with van der Waals surface area (Å²) in [7, 11) is 0. The third-order valence-corrected chi connectivity index (χ3v) is 6.67. The molecule has 6 nitrogen and oxygen atoms in total. The van der Waals surface area contributed by atoms with Crippen LogP contribution in [0.15, 0.2) is 97.2 Å². The van der Waals surface area contributed by atoms with Gasteiger partial charge in [0.2, 0.25) is 5.95 Å². The van der Waals surface area contributed by atoms with Gasteiger partial charge in [-0.1, -0.05) is 83.9 Å². The van der Waals surface area contributed by atoms with Crippen LogP contribution in [0.25, 0.3) is 10.8 Å². The second-order valence-corrected chi connectivity index (χ2v) is 9.12. The summed E-state index contributed by atoms with van der Waals surface area (Å²) in [6.45, 7) is 0.232. The lowest BCUT2D eigenvalue weighted by Crippen LogP contribution is -2.45. The molecule has 0 saturated heterocycles. The minimum absolute atomic E-state index is 0.232. The predicted molar refractivity (Wildman–Crippen MR) is 146 cm³/mol. The highest BCUT2D eigenvalue weighted by atomic mass is 35.5. The molecule has 0 saturated carbocycles. The molecule has 0 unspecified atom stereocenters. The largest absolute Gasteiger partial charge is 0.335 e. The highest BCUT2D eigenvalue weighted by Gasteiger charge is 2.36. The lowest BCUT2D eigenvalue weighted by molar-refractivity contribution is 0.252. The molecule has 1 aromatic heterocycles. The first kappa shape index (κ1) is 22.3. The van der Waals surface area contributed by atoms with E-state index in [1.807, 2.05) is 60.7 Å². The van der Waals surface area contributed by atoms with Crippen LogP contribution in [0.2, 0.25) is 10.0 Å². The average molecular weight is 512 g/mol. The van der Waals surface area contributed by atoms with E-state index in [1.165, 1.54) is 0 Å². The third kappa shape index (κ3) is 3.90. The van der Waals surface area contributed by atoms with Gasteiger partial charge < -0.3 is 5.32 Å². The lowest BCUT2D eigenvalue weighted by atomic mass is 10.1. The van der Waals surface area contributed by atoms with Crippen molar-refractivity contribution in [2.24, 2.45) is 0 Å². The first-order valence-corrected chi connectivity index (χ1v) is 12.1.